The lowest BCUT2D eigenvalue weighted by Crippen LogP contribution is -2.54. The van der Waals surface area contributed by atoms with Crippen LogP contribution in [0.3, 0.4) is 0 Å². The molecule has 6 nitrogen and oxygen atoms in total. The van der Waals surface area contributed by atoms with Crippen molar-refractivity contribution in [1.82, 2.24) is 10.6 Å². The zero-order valence-electron chi connectivity index (χ0n) is 21.8. The third-order valence-electron chi connectivity index (χ3n) is 10.00. The van der Waals surface area contributed by atoms with Gasteiger partial charge in [0, 0.05) is 22.9 Å². The molecular weight excluding hydrogens is 440 g/mol. The molecular formula is C29H40N2O4. The summed E-state index contributed by atoms with van der Waals surface area (Å²) in [6.45, 7) is 8.69. The van der Waals surface area contributed by atoms with E-state index in [-0.39, 0.29) is 28.9 Å². The van der Waals surface area contributed by atoms with E-state index in [2.05, 4.69) is 30.6 Å². The van der Waals surface area contributed by atoms with Crippen LogP contribution in [0.25, 0.3) is 0 Å². The summed E-state index contributed by atoms with van der Waals surface area (Å²) in [6.07, 6.45) is 8.68. The molecule has 0 radical (unpaired) electrons. The summed E-state index contributed by atoms with van der Waals surface area (Å²) in [4.78, 5) is 25.1. The van der Waals surface area contributed by atoms with Gasteiger partial charge in [-0.25, -0.2) is 4.79 Å². The number of alkyl carbamates (subject to hydrolysis) is 1. The fourth-order valence-electron chi connectivity index (χ4n) is 7.83. The number of carbonyl (C=O) groups excluding carboxylic acids is 2. The number of ether oxygens (including phenoxy) is 2. The van der Waals surface area contributed by atoms with Crippen molar-refractivity contribution in [2.24, 2.45) is 28.6 Å². The fraction of sp³-hybridized carbons (Fsp3) is 0.655. The van der Waals surface area contributed by atoms with E-state index >= 15 is 0 Å². The molecule has 1 heterocycles. The number of methoxy groups -OCH3 is 1. The van der Waals surface area contributed by atoms with Crippen molar-refractivity contribution in [3.63, 3.8) is 0 Å². The third kappa shape index (κ3) is 4.03. The monoisotopic (exact) mass is 480 g/mol. The molecule has 3 fully saturated rings. The Morgan fingerprint density at radius 1 is 1.09 bits per heavy atom. The summed E-state index contributed by atoms with van der Waals surface area (Å²) < 4.78 is 11.4. The SMILES string of the molecule is COc1ccc(C(C)(C)NC(=O)O[C@H]2CC[C@H]3[C@@H]4CC=C5NC(=O)CC[C@]5(C)[C@H]4CC[C@]23C)cc1. The summed E-state index contributed by atoms with van der Waals surface area (Å²) in [7, 11) is 1.65. The molecule has 6 heteroatoms. The Bertz CT molecular complexity index is 1030. The average Bonchev–Trinajstić information content (AvgIpc) is 3.15. The number of nitrogens with one attached hydrogen (secondary N) is 2. The van der Waals surface area contributed by atoms with Gasteiger partial charge in [0.05, 0.1) is 12.6 Å². The molecule has 5 rings (SSSR count). The molecule has 0 aromatic heterocycles. The number of rotatable bonds is 4. The number of piperidine rings is 1. The van der Waals surface area contributed by atoms with Gasteiger partial charge in [-0.1, -0.05) is 32.1 Å². The summed E-state index contributed by atoms with van der Waals surface area (Å²) in [5, 5.41) is 6.28. The maximum Gasteiger partial charge on any atom is 0.408 e. The van der Waals surface area contributed by atoms with Crippen molar-refractivity contribution in [3.05, 3.63) is 41.6 Å². The Hall–Kier alpha value is -2.50. The lowest BCUT2D eigenvalue weighted by Gasteiger charge is -2.56. The summed E-state index contributed by atoms with van der Waals surface area (Å²) in [6, 6.07) is 7.78. The predicted molar refractivity (Wildman–Crippen MR) is 135 cm³/mol. The normalized spacial score (nSPS) is 36.1. The van der Waals surface area contributed by atoms with Gasteiger partial charge >= 0.3 is 6.09 Å². The van der Waals surface area contributed by atoms with E-state index in [1.807, 2.05) is 38.1 Å². The summed E-state index contributed by atoms with van der Waals surface area (Å²) in [5.74, 6) is 2.67. The number of allylic oxidation sites excluding steroid dienone is 2. The second kappa shape index (κ2) is 8.56. The van der Waals surface area contributed by atoms with Gasteiger partial charge in [-0.3, -0.25) is 4.79 Å². The van der Waals surface area contributed by atoms with Gasteiger partial charge in [-0.15, -0.1) is 0 Å². The Morgan fingerprint density at radius 3 is 2.54 bits per heavy atom. The van der Waals surface area contributed by atoms with E-state index in [1.165, 1.54) is 0 Å². The molecule has 0 bridgehead atoms. The molecule has 2 saturated carbocycles. The molecule has 2 amide bonds. The Balaban J connectivity index is 1.27. The lowest BCUT2D eigenvalue weighted by molar-refractivity contribution is -0.125. The average molecular weight is 481 g/mol. The summed E-state index contributed by atoms with van der Waals surface area (Å²) >= 11 is 0. The molecule has 1 saturated heterocycles. The van der Waals surface area contributed by atoms with Gasteiger partial charge in [0.2, 0.25) is 5.91 Å². The number of fused-ring (bicyclic) bond motifs is 5. The first-order chi connectivity index (χ1) is 16.6. The highest BCUT2D eigenvalue weighted by molar-refractivity contribution is 5.79. The van der Waals surface area contributed by atoms with Crippen LogP contribution in [-0.4, -0.2) is 25.2 Å². The van der Waals surface area contributed by atoms with E-state index < -0.39 is 5.54 Å². The number of benzene rings is 1. The maximum absolute atomic E-state index is 13.1. The molecule has 0 spiro atoms. The van der Waals surface area contributed by atoms with Crippen molar-refractivity contribution in [1.29, 1.82) is 0 Å². The fourth-order valence-corrected chi connectivity index (χ4v) is 7.83. The van der Waals surface area contributed by atoms with Crippen molar-refractivity contribution in [2.45, 2.75) is 84.3 Å². The molecule has 2 N–H and O–H groups in total. The standard InChI is InChI=1S/C29H40N2O4/c1-27(2,18-6-8-19(34-5)9-7-18)31-26(33)35-24-13-11-21-20-10-12-23-28(3,17-15-25(32)30-23)22(20)14-16-29(21,24)4/h6-9,12,20-22,24H,10-11,13-17H2,1-5H3,(H,30,32)(H,31,33)/t20-,21-,22-,24-,28+,29-/m0/s1. The van der Waals surface area contributed by atoms with Gasteiger partial charge in [0.1, 0.15) is 11.9 Å². The second-order valence-corrected chi connectivity index (χ2v) is 12.2. The Morgan fingerprint density at radius 2 is 1.83 bits per heavy atom. The Labute approximate surface area is 209 Å². The van der Waals surface area contributed by atoms with Crippen LogP contribution in [0, 0.1) is 28.6 Å². The molecule has 4 aliphatic rings. The van der Waals surface area contributed by atoms with E-state index in [0.717, 1.165) is 55.5 Å². The maximum atomic E-state index is 13.1. The second-order valence-electron chi connectivity index (χ2n) is 12.2. The van der Waals surface area contributed by atoms with Crippen LogP contribution in [0.1, 0.15) is 78.2 Å². The molecule has 3 aliphatic carbocycles. The quantitative estimate of drug-likeness (QED) is 0.582. The van der Waals surface area contributed by atoms with Gasteiger partial charge < -0.3 is 20.1 Å². The zero-order chi connectivity index (χ0) is 25.0. The van der Waals surface area contributed by atoms with Gasteiger partial charge in [0.25, 0.3) is 0 Å². The molecule has 190 valence electrons. The van der Waals surface area contributed by atoms with Crippen LogP contribution in [0.4, 0.5) is 4.79 Å². The number of amides is 2. The topological polar surface area (TPSA) is 76.7 Å². The van der Waals surface area contributed by atoms with Crippen molar-refractivity contribution < 1.29 is 19.1 Å². The third-order valence-corrected chi connectivity index (χ3v) is 10.00. The molecule has 1 aromatic rings. The van der Waals surface area contributed by atoms with Crippen molar-refractivity contribution in [3.8, 4) is 5.75 Å². The smallest absolute Gasteiger partial charge is 0.408 e. The molecule has 6 atom stereocenters. The van der Waals surface area contributed by atoms with Crippen LogP contribution in [0.15, 0.2) is 36.0 Å². The van der Waals surface area contributed by atoms with E-state index in [9.17, 15) is 9.59 Å². The summed E-state index contributed by atoms with van der Waals surface area (Å²) in [5.41, 5.74) is 1.68. The highest BCUT2D eigenvalue weighted by Gasteiger charge is 2.60. The lowest BCUT2D eigenvalue weighted by atomic mass is 9.50. The highest BCUT2D eigenvalue weighted by atomic mass is 16.6. The van der Waals surface area contributed by atoms with Crippen LogP contribution in [0.2, 0.25) is 0 Å². The first kappa shape index (κ1) is 24.2. The van der Waals surface area contributed by atoms with E-state index in [1.54, 1.807) is 7.11 Å². The zero-order valence-corrected chi connectivity index (χ0v) is 21.8. The number of hydrogen-bond donors (Lipinski definition) is 2. The minimum Gasteiger partial charge on any atom is -0.497 e. The predicted octanol–water partition coefficient (Wildman–Crippen LogP) is 5.67. The molecule has 35 heavy (non-hydrogen) atoms. The minimum atomic E-state index is -0.551. The van der Waals surface area contributed by atoms with Gasteiger partial charge in [0.15, 0.2) is 0 Å². The largest absolute Gasteiger partial charge is 0.497 e. The molecule has 1 aromatic carbocycles. The minimum absolute atomic E-state index is 0.00236. The number of carbonyl (C=O) groups is 2. The van der Waals surface area contributed by atoms with Crippen LogP contribution >= 0.6 is 0 Å². The van der Waals surface area contributed by atoms with Crippen LogP contribution < -0.4 is 15.4 Å². The van der Waals surface area contributed by atoms with E-state index in [0.29, 0.717) is 24.2 Å². The van der Waals surface area contributed by atoms with Crippen LogP contribution in [0.5, 0.6) is 5.75 Å². The van der Waals surface area contributed by atoms with Crippen LogP contribution in [-0.2, 0) is 15.1 Å². The van der Waals surface area contributed by atoms with Gasteiger partial charge in [-0.2, -0.15) is 0 Å². The first-order valence-electron chi connectivity index (χ1n) is 13.2. The van der Waals surface area contributed by atoms with Crippen molar-refractivity contribution >= 4 is 12.0 Å². The molecule has 0 unspecified atom stereocenters. The highest BCUT2D eigenvalue weighted by Crippen LogP contribution is 2.64. The van der Waals surface area contributed by atoms with Crippen molar-refractivity contribution in [2.75, 3.05) is 7.11 Å². The molecule has 1 aliphatic heterocycles. The van der Waals surface area contributed by atoms with Gasteiger partial charge in [-0.05, 0) is 87.8 Å². The number of hydrogen-bond acceptors (Lipinski definition) is 4. The Kier molecular flexibility index (Phi) is 5.92. The van der Waals surface area contributed by atoms with E-state index in [4.69, 9.17) is 9.47 Å². The first-order valence-corrected chi connectivity index (χ1v) is 13.2.